The number of rotatable bonds is 12. The Morgan fingerprint density at radius 3 is 1.87 bits per heavy atom. The van der Waals surface area contributed by atoms with E-state index >= 15 is 0 Å². The number of likely N-dealkylation sites (N-methyl/N-ethyl adjacent to an activating group) is 1. The average Bonchev–Trinajstić information content (AvgIpc) is 2.73. The van der Waals surface area contributed by atoms with Crippen LogP contribution in [0.2, 0.25) is 0 Å². The van der Waals surface area contributed by atoms with Crippen molar-refractivity contribution in [2.24, 2.45) is 5.92 Å². The minimum atomic E-state index is -3.54. The van der Waals surface area contributed by atoms with Crippen molar-refractivity contribution >= 4 is 15.6 Å². The predicted octanol–water partition coefficient (Wildman–Crippen LogP) is 4.32. The minimum absolute atomic E-state index is 0.241. The third-order valence-corrected chi connectivity index (χ3v) is 9.15. The van der Waals surface area contributed by atoms with Crippen LogP contribution in [-0.4, -0.2) is 89.1 Å². The van der Waals surface area contributed by atoms with E-state index in [4.69, 9.17) is 0 Å². The molecule has 0 amide bonds. The van der Waals surface area contributed by atoms with Gasteiger partial charge in [-0.15, -0.1) is 0 Å². The summed E-state index contributed by atoms with van der Waals surface area (Å²) in [4.78, 5) is 0.408. The predicted molar refractivity (Wildman–Crippen MR) is 133 cm³/mol. The lowest BCUT2D eigenvalue weighted by molar-refractivity contribution is -0.908. The van der Waals surface area contributed by atoms with Crippen molar-refractivity contribution in [1.29, 1.82) is 0 Å². The zero-order valence-electron chi connectivity index (χ0n) is 21.7. The molecule has 0 fully saturated rings. The molecule has 0 bridgehead atoms. The molecule has 1 unspecified atom stereocenters. The molecule has 6 heteroatoms. The lowest BCUT2D eigenvalue weighted by atomic mass is 9.88. The first kappa shape index (κ1) is 27.8. The van der Waals surface area contributed by atoms with E-state index in [0.717, 1.165) is 53.8 Å². The quantitative estimate of drug-likeness (QED) is 0.442. The lowest BCUT2D eigenvalue weighted by Crippen LogP contribution is -2.47. The molecule has 1 aromatic rings. The summed E-state index contributed by atoms with van der Waals surface area (Å²) in [5.74, 6) is 0.241. The Bertz CT molecular complexity index is 851. The number of hydrogen-bond acceptors (Lipinski definition) is 2. The molecule has 0 aliphatic heterocycles. The molecule has 0 saturated carbocycles. The van der Waals surface area contributed by atoms with Crippen LogP contribution in [0.5, 0.6) is 0 Å². The van der Waals surface area contributed by atoms with Crippen LogP contribution in [-0.2, 0) is 10.0 Å². The van der Waals surface area contributed by atoms with Crippen LogP contribution < -0.4 is 0 Å². The van der Waals surface area contributed by atoms with Gasteiger partial charge in [0, 0.05) is 20.0 Å². The van der Waals surface area contributed by atoms with Crippen molar-refractivity contribution in [2.45, 2.75) is 46.4 Å². The van der Waals surface area contributed by atoms with Crippen molar-refractivity contribution in [2.75, 3.05) is 67.5 Å². The van der Waals surface area contributed by atoms with E-state index < -0.39 is 10.0 Å². The van der Waals surface area contributed by atoms with Gasteiger partial charge in [0.1, 0.15) is 6.54 Å². The third kappa shape index (κ3) is 6.64. The molecule has 0 aromatic heterocycles. The van der Waals surface area contributed by atoms with Gasteiger partial charge in [-0.2, -0.15) is 0 Å². The van der Waals surface area contributed by atoms with Crippen LogP contribution in [0.25, 0.3) is 5.57 Å². The molecule has 1 rings (SSSR count). The van der Waals surface area contributed by atoms with E-state index in [-0.39, 0.29) is 5.92 Å². The van der Waals surface area contributed by atoms with E-state index in [1.165, 1.54) is 15.5 Å². The molecule has 0 radical (unpaired) electrons. The molecule has 0 aliphatic rings. The molecule has 1 aromatic carbocycles. The highest BCUT2D eigenvalue weighted by molar-refractivity contribution is 7.89. The summed E-state index contributed by atoms with van der Waals surface area (Å²) in [5.41, 5.74) is 3.34. The van der Waals surface area contributed by atoms with Gasteiger partial charge in [-0.3, -0.25) is 0 Å². The zero-order chi connectivity index (χ0) is 24.0. The maximum Gasteiger partial charge on any atom is 0.243 e. The summed E-state index contributed by atoms with van der Waals surface area (Å²) >= 11 is 0. The van der Waals surface area contributed by atoms with Crippen molar-refractivity contribution < 1.29 is 17.4 Å². The molecular formula is C25H47N3O2S+2. The van der Waals surface area contributed by atoms with Crippen LogP contribution >= 0.6 is 0 Å². The summed E-state index contributed by atoms with van der Waals surface area (Å²) in [6.07, 6.45) is 0. The highest BCUT2D eigenvalue weighted by atomic mass is 32.2. The number of quaternary nitrogens is 2. The third-order valence-electron chi connectivity index (χ3n) is 7.28. The van der Waals surface area contributed by atoms with Gasteiger partial charge in [-0.1, -0.05) is 25.1 Å². The van der Waals surface area contributed by atoms with E-state index in [1.807, 2.05) is 18.2 Å². The molecule has 0 N–H and O–H groups in total. The van der Waals surface area contributed by atoms with Crippen LogP contribution in [0.4, 0.5) is 0 Å². The van der Waals surface area contributed by atoms with Gasteiger partial charge < -0.3 is 8.97 Å². The first-order chi connectivity index (χ1) is 14.3. The van der Waals surface area contributed by atoms with E-state index in [9.17, 15) is 8.42 Å². The smallest absolute Gasteiger partial charge is 0.243 e. The van der Waals surface area contributed by atoms with Crippen LogP contribution in [0.3, 0.4) is 0 Å². The number of sulfonamides is 1. The molecular weight excluding hydrogens is 406 g/mol. The number of benzene rings is 1. The first-order valence-electron chi connectivity index (χ1n) is 11.7. The van der Waals surface area contributed by atoms with Crippen molar-refractivity contribution in [3.8, 4) is 0 Å². The van der Waals surface area contributed by atoms with Crippen LogP contribution in [0, 0.1) is 5.92 Å². The van der Waals surface area contributed by atoms with E-state index in [0.29, 0.717) is 4.90 Å². The molecule has 178 valence electrons. The fourth-order valence-electron chi connectivity index (χ4n) is 4.37. The molecule has 1 atom stereocenters. The molecule has 5 nitrogen and oxygen atoms in total. The highest BCUT2D eigenvalue weighted by Gasteiger charge is 2.31. The van der Waals surface area contributed by atoms with Crippen molar-refractivity contribution in [1.82, 2.24) is 4.31 Å². The first-order valence-corrected chi connectivity index (χ1v) is 13.1. The molecule has 0 aliphatic carbocycles. The summed E-state index contributed by atoms with van der Waals surface area (Å²) < 4.78 is 29.6. The summed E-state index contributed by atoms with van der Waals surface area (Å²) in [6.45, 7) is 19.5. The second-order valence-electron chi connectivity index (χ2n) is 9.72. The average molecular weight is 454 g/mol. The Morgan fingerprint density at radius 1 is 0.935 bits per heavy atom. The van der Waals surface area contributed by atoms with Crippen LogP contribution in [0.15, 0.2) is 34.7 Å². The van der Waals surface area contributed by atoms with Crippen LogP contribution in [0.1, 0.15) is 47.1 Å². The second kappa shape index (κ2) is 11.1. The molecule has 0 spiro atoms. The minimum Gasteiger partial charge on any atom is -0.326 e. The van der Waals surface area contributed by atoms with Gasteiger partial charge in [-0.25, -0.2) is 12.7 Å². The lowest BCUT2D eigenvalue weighted by Gasteiger charge is -2.37. The van der Waals surface area contributed by atoms with Gasteiger partial charge in [0.05, 0.1) is 51.7 Å². The topological polar surface area (TPSA) is 37.4 Å². The van der Waals surface area contributed by atoms with Gasteiger partial charge in [-0.05, 0) is 57.4 Å². The van der Waals surface area contributed by atoms with Crippen molar-refractivity contribution in [3.63, 3.8) is 0 Å². The van der Waals surface area contributed by atoms with Gasteiger partial charge in [0.25, 0.3) is 0 Å². The fraction of sp³-hybridized carbons (Fsp3) is 0.680. The number of nitrogens with zero attached hydrogens (tertiary/aromatic N) is 3. The zero-order valence-corrected chi connectivity index (χ0v) is 22.5. The normalized spacial score (nSPS) is 15.2. The Labute approximate surface area is 192 Å². The molecule has 0 saturated heterocycles. The Hall–Kier alpha value is -1.21. The highest BCUT2D eigenvalue weighted by Crippen LogP contribution is 2.34. The largest absolute Gasteiger partial charge is 0.326 e. The number of hydrogen-bond donors (Lipinski definition) is 0. The summed E-state index contributed by atoms with van der Waals surface area (Å²) in [7, 11) is 4.25. The Morgan fingerprint density at radius 2 is 1.42 bits per heavy atom. The standard InChI is InChI=1S/C25H47N3O2S/c1-11-27(9,12-2)19-21(5)25(22(6)20-28(10,13-3)14-4)23-17-15-16-18-24(23)31(29,30)26(7)8/h15-18,21H,11-14,19-20H2,1-10H3/q+2. The molecule has 0 heterocycles. The fourth-order valence-corrected chi connectivity index (χ4v) is 5.47. The summed E-state index contributed by atoms with van der Waals surface area (Å²) in [5, 5.41) is 0. The maximum absolute atomic E-state index is 13.2. The Balaban J connectivity index is 3.76. The van der Waals surface area contributed by atoms with Gasteiger partial charge in [0.15, 0.2) is 0 Å². The van der Waals surface area contributed by atoms with E-state index in [1.54, 1.807) is 20.2 Å². The van der Waals surface area contributed by atoms with E-state index in [2.05, 4.69) is 55.6 Å². The maximum atomic E-state index is 13.2. The summed E-state index contributed by atoms with van der Waals surface area (Å²) in [6, 6.07) is 7.54. The van der Waals surface area contributed by atoms with Crippen molar-refractivity contribution in [3.05, 3.63) is 35.4 Å². The molecule has 31 heavy (non-hydrogen) atoms. The SMILES string of the molecule is CC[N+](C)(CC)CC(C)=C(c1ccccc1S(=O)(=O)N(C)C)C(C)C[N+](C)(CC)CC. The Kier molecular flexibility index (Phi) is 9.95. The van der Waals surface area contributed by atoms with Gasteiger partial charge in [0.2, 0.25) is 10.0 Å². The second-order valence-corrected chi connectivity index (χ2v) is 11.8. The van der Waals surface area contributed by atoms with Gasteiger partial charge >= 0.3 is 0 Å². The monoisotopic (exact) mass is 453 g/mol.